The number of carbonyl (C=O) groups is 2. The predicted molar refractivity (Wildman–Crippen MR) is 115 cm³/mol. The van der Waals surface area contributed by atoms with E-state index in [-0.39, 0.29) is 17.9 Å². The number of rotatable bonds is 6. The summed E-state index contributed by atoms with van der Waals surface area (Å²) < 4.78 is 5.76. The molecule has 5 nitrogen and oxygen atoms in total. The summed E-state index contributed by atoms with van der Waals surface area (Å²) in [6.07, 6.45) is 5.07. The third-order valence-corrected chi connectivity index (χ3v) is 5.39. The van der Waals surface area contributed by atoms with Gasteiger partial charge < -0.3 is 15.4 Å². The van der Waals surface area contributed by atoms with E-state index < -0.39 is 6.10 Å². The van der Waals surface area contributed by atoms with Crippen molar-refractivity contribution in [1.82, 2.24) is 5.32 Å². The van der Waals surface area contributed by atoms with Gasteiger partial charge >= 0.3 is 0 Å². The highest BCUT2D eigenvalue weighted by Gasteiger charge is 2.18. The van der Waals surface area contributed by atoms with Crippen molar-refractivity contribution in [3.05, 3.63) is 59.2 Å². The van der Waals surface area contributed by atoms with Crippen molar-refractivity contribution < 1.29 is 14.3 Å². The number of carbonyl (C=O) groups excluding carboxylic acids is 2. The van der Waals surface area contributed by atoms with Crippen LogP contribution >= 0.6 is 0 Å². The largest absolute Gasteiger partial charge is 0.481 e. The van der Waals surface area contributed by atoms with E-state index in [2.05, 4.69) is 10.6 Å². The first-order valence-corrected chi connectivity index (χ1v) is 10.4. The van der Waals surface area contributed by atoms with Crippen LogP contribution in [0.15, 0.2) is 42.5 Å². The van der Waals surface area contributed by atoms with Crippen molar-refractivity contribution in [3.63, 3.8) is 0 Å². The molecule has 2 amide bonds. The summed E-state index contributed by atoms with van der Waals surface area (Å²) >= 11 is 0. The van der Waals surface area contributed by atoms with Gasteiger partial charge in [0.2, 0.25) is 0 Å². The number of amides is 2. The summed E-state index contributed by atoms with van der Waals surface area (Å²) in [6.45, 7) is 5.66. The number of aryl methyl sites for hydroxylation is 2. The molecule has 0 unspecified atom stereocenters. The Morgan fingerprint density at radius 1 is 1.00 bits per heavy atom. The monoisotopic (exact) mass is 394 g/mol. The van der Waals surface area contributed by atoms with Gasteiger partial charge in [0.1, 0.15) is 5.75 Å². The van der Waals surface area contributed by atoms with E-state index in [0.717, 1.165) is 29.7 Å². The Hall–Kier alpha value is -2.82. The molecule has 1 fully saturated rings. The fourth-order valence-corrected chi connectivity index (χ4v) is 3.56. The molecule has 0 heterocycles. The summed E-state index contributed by atoms with van der Waals surface area (Å²) in [5.41, 5.74) is 3.49. The molecule has 154 valence electrons. The highest BCUT2D eigenvalue weighted by molar-refractivity contribution is 5.95. The summed E-state index contributed by atoms with van der Waals surface area (Å²) in [7, 11) is 0. The SMILES string of the molecule is Cc1ccc(C)c(NC(=O)[C@H](C)Oc2ccc(C(=O)NC3CCCCC3)cc2)c1. The standard InChI is InChI=1S/C24H30N2O3/c1-16-9-10-17(2)22(15-16)26-23(27)18(3)29-21-13-11-19(12-14-21)24(28)25-20-7-5-4-6-8-20/h9-15,18,20H,4-8H2,1-3H3,(H,25,28)(H,26,27)/t18-/m0/s1. The van der Waals surface area contributed by atoms with E-state index in [4.69, 9.17) is 4.74 Å². The fraction of sp³-hybridized carbons (Fsp3) is 0.417. The molecule has 0 aliphatic heterocycles. The van der Waals surface area contributed by atoms with E-state index in [9.17, 15) is 9.59 Å². The van der Waals surface area contributed by atoms with Crippen LogP contribution in [0.3, 0.4) is 0 Å². The van der Waals surface area contributed by atoms with Crippen LogP contribution in [-0.2, 0) is 4.79 Å². The van der Waals surface area contributed by atoms with Crippen molar-refractivity contribution in [2.45, 2.75) is 65.0 Å². The molecule has 1 saturated carbocycles. The quantitative estimate of drug-likeness (QED) is 0.741. The van der Waals surface area contributed by atoms with Crippen LogP contribution in [0.25, 0.3) is 0 Å². The molecule has 0 aromatic heterocycles. The number of ether oxygens (including phenoxy) is 1. The van der Waals surface area contributed by atoms with Gasteiger partial charge in [-0.25, -0.2) is 0 Å². The Morgan fingerprint density at radius 2 is 1.69 bits per heavy atom. The summed E-state index contributed by atoms with van der Waals surface area (Å²) in [5.74, 6) is 0.296. The Morgan fingerprint density at radius 3 is 2.38 bits per heavy atom. The third-order valence-electron chi connectivity index (χ3n) is 5.39. The molecule has 2 N–H and O–H groups in total. The highest BCUT2D eigenvalue weighted by Crippen LogP contribution is 2.20. The van der Waals surface area contributed by atoms with E-state index in [1.165, 1.54) is 19.3 Å². The van der Waals surface area contributed by atoms with Gasteiger partial charge in [-0.1, -0.05) is 31.4 Å². The minimum absolute atomic E-state index is 0.0517. The maximum Gasteiger partial charge on any atom is 0.265 e. The summed E-state index contributed by atoms with van der Waals surface area (Å²) in [5, 5.41) is 6.02. The molecule has 0 spiro atoms. The number of benzene rings is 2. The molecule has 1 aliphatic carbocycles. The van der Waals surface area contributed by atoms with Crippen LogP contribution in [-0.4, -0.2) is 24.0 Å². The van der Waals surface area contributed by atoms with Crippen molar-refractivity contribution >= 4 is 17.5 Å². The molecule has 5 heteroatoms. The van der Waals surface area contributed by atoms with Crippen LogP contribution < -0.4 is 15.4 Å². The van der Waals surface area contributed by atoms with Crippen molar-refractivity contribution in [1.29, 1.82) is 0 Å². The van der Waals surface area contributed by atoms with Gasteiger partial charge in [-0.15, -0.1) is 0 Å². The van der Waals surface area contributed by atoms with Gasteiger partial charge in [0.25, 0.3) is 11.8 Å². The van der Waals surface area contributed by atoms with Gasteiger partial charge in [-0.3, -0.25) is 9.59 Å². The zero-order valence-electron chi connectivity index (χ0n) is 17.5. The molecular weight excluding hydrogens is 364 g/mol. The summed E-state index contributed by atoms with van der Waals surface area (Å²) in [4.78, 5) is 24.9. The maximum atomic E-state index is 12.5. The molecule has 1 aliphatic rings. The van der Waals surface area contributed by atoms with Crippen molar-refractivity contribution in [3.8, 4) is 5.75 Å². The smallest absolute Gasteiger partial charge is 0.265 e. The van der Waals surface area contributed by atoms with Crippen LogP contribution in [0.4, 0.5) is 5.69 Å². The van der Waals surface area contributed by atoms with Crippen molar-refractivity contribution in [2.75, 3.05) is 5.32 Å². The van der Waals surface area contributed by atoms with Crippen LogP contribution in [0, 0.1) is 13.8 Å². The predicted octanol–water partition coefficient (Wildman–Crippen LogP) is 4.77. The Balaban J connectivity index is 1.54. The normalized spacial score (nSPS) is 15.4. The minimum atomic E-state index is -0.656. The van der Waals surface area contributed by atoms with Gasteiger partial charge in [-0.2, -0.15) is 0 Å². The molecule has 1 atom stereocenters. The molecular formula is C24H30N2O3. The third kappa shape index (κ3) is 5.83. The van der Waals surface area contributed by atoms with Gasteiger partial charge in [0.15, 0.2) is 6.10 Å². The van der Waals surface area contributed by atoms with Gasteiger partial charge in [0.05, 0.1) is 0 Å². The Labute approximate surface area is 172 Å². The van der Waals surface area contributed by atoms with E-state index in [1.807, 2.05) is 32.0 Å². The first-order chi connectivity index (χ1) is 13.9. The lowest BCUT2D eigenvalue weighted by Crippen LogP contribution is -2.36. The number of hydrogen-bond donors (Lipinski definition) is 2. The molecule has 3 rings (SSSR count). The average molecular weight is 395 g/mol. The van der Waals surface area contributed by atoms with E-state index in [0.29, 0.717) is 11.3 Å². The first-order valence-electron chi connectivity index (χ1n) is 10.4. The number of anilines is 1. The number of nitrogens with one attached hydrogen (secondary N) is 2. The van der Waals surface area contributed by atoms with Gasteiger partial charge in [-0.05, 0) is 75.1 Å². The fourth-order valence-electron chi connectivity index (χ4n) is 3.56. The molecule has 2 aromatic rings. The lowest BCUT2D eigenvalue weighted by molar-refractivity contribution is -0.122. The second-order valence-corrected chi connectivity index (χ2v) is 7.90. The van der Waals surface area contributed by atoms with Crippen LogP contribution in [0.5, 0.6) is 5.75 Å². The first kappa shape index (κ1) is 20.9. The van der Waals surface area contributed by atoms with Crippen LogP contribution in [0.2, 0.25) is 0 Å². The zero-order valence-corrected chi connectivity index (χ0v) is 17.5. The van der Waals surface area contributed by atoms with E-state index in [1.54, 1.807) is 31.2 Å². The second-order valence-electron chi connectivity index (χ2n) is 7.90. The maximum absolute atomic E-state index is 12.5. The highest BCUT2D eigenvalue weighted by atomic mass is 16.5. The zero-order chi connectivity index (χ0) is 20.8. The lowest BCUT2D eigenvalue weighted by Gasteiger charge is -2.22. The number of hydrogen-bond acceptors (Lipinski definition) is 3. The molecule has 0 radical (unpaired) electrons. The topological polar surface area (TPSA) is 67.4 Å². The second kappa shape index (κ2) is 9.59. The Kier molecular flexibility index (Phi) is 6.91. The summed E-state index contributed by atoms with van der Waals surface area (Å²) in [6, 6.07) is 13.2. The molecule has 29 heavy (non-hydrogen) atoms. The van der Waals surface area contributed by atoms with Gasteiger partial charge in [0, 0.05) is 17.3 Å². The molecule has 0 saturated heterocycles. The van der Waals surface area contributed by atoms with Crippen LogP contribution in [0.1, 0.15) is 60.5 Å². The lowest BCUT2D eigenvalue weighted by atomic mass is 9.95. The van der Waals surface area contributed by atoms with E-state index >= 15 is 0 Å². The van der Waals surface area contributed by atoms with Crippen molar-refractivity contribution in [2.24, 2.45) is 0 Å². The molecule has 2 aromatic carbocycles. The Bertz CT molecular complexity index is 855. The minimum Gasteiger partial charge on any atom is -0.481 e. The average Bonchev–Trinajstić information content (AvgIpc) is 2.72. The molecule has 0 bridgehead atoms.